The fourth-order valence-corrected chi connectivity index (χ4v) is 2.98. The highest BCUT2D eigenvalue weighted by Crippen LogP contribution is 2.29. The summed E-state index contributed by atoms with van der Waals surface area (Å²) in [7, 11) is 0. The molecule has 9 heteroatoms. The van der Waals surface area contributed by atoms with Crippen LogP contribution in [0.3, 0.4) is 0 Å². The van der Waals surface area contributed by atoms with Gasteiger partial charge in [0.15, 0.2) is 11.7 Å². The minimum Gasteiger partial charge on any atom is -0.484 e. The fraction of sp³-hybridized carbons (Fsp3) is 0.0526. The number of nitrogens with zero attached hydrogens (tertiary/aromatic N) is 1. The van der Waals surface area contributed by atoms with E-state index in [9.17, 15) is 14.4 Å². The summed E-state index contributed by atoms with van der Waals surface area (Å²) < 4.78 is 5.18. The Morgan fingerprint density at radius 3 is 2.50 bits per heavy atom. The molecule has 0 saturated carbocycles. The first kappa shape index (κ1) is 19.5. The highest BCUT2D eigenvalue weighted by Gasteiger charge is 2.35. The average Bonchev–Trinajstić information content (AvgIpc) is 2.65. The number of nitrogens with two attached hydrogens (primary N) is 1. The van der Waals surface area contributed by atoms with E-state index in [0.717, 1.165) is 0 Å². The fourth-order valence-electron chi connectivity index (χ4n) is 2.49. The highest BCUT2D eigenvalue weighted by atomic mass is 35.5. The molecule has 0 aliphatic carbocycles. The number of primary amides is 1. The minimum absolute atomic E-state index is 0.0459. The smallest absolute Gasteiger partial charge is 0.270 e. The zero-order valence-corrected chi connectivity index (χ0v) is 15.9. The molecule has 7 nitrogen and oxygen atoms in total. The molecule has 0 spiro atoms. The number of nitrogens with one attached hydrogen (secondary N) is 1. The molecule has 0 radical (unpaired) electrons. The van der Waals surface area contributed by atoms with Crippen molar-refractivity contribution in [2.24, 2.45) is 5.73 Å². The predicted octanol–water partition coefficient (Wildman–Crippen LogP) is 2.04. The summed E-state index contributed by atoms with van der Waals surface area (Å²) >= 11 is 11.3. The molecule has 3 N–H and O–H groups in total. The largest absolute Gasteiger partial charge is 0.484 e. The molecule has 28 heavy (non-hydrogen) atoms. The van der Waals surface area contributed by atoms with Crippen LogP contribution < -0.4 is 20.7 Å². The van der Waals surface area contributed by atoms with E-state index in [4.69, 9.17) is 34.3 Å². The quantitative estimate of drug-likeness (QED) is 0.442. The molecular weight excluding hydrogens is 402 g/mol. The first-order valence-electron chi connectivity index (χ1n) is 8.04. The number of rotatable bonds is 5. The summed E-state index contributed by atoms with van der Waals surface area (Å²) in [6, 6.07) is 13.1. The Hall–Kier alpha value is -3.23. The summed E-state index contributed by atoms with van der Waals surface area (Å²) in [5.74, 6) is -1.35. The van der Waals surface area contributed by atoms with Gasteiger partial charge in [0.2, 0.25) is 0 Å². The second kappa shape index (κ2) is 8.20. The average molecular weight is 416 g/mol. The van der Waals surface area contributed by atoms with Crippen LogP contribution in [0.1, 0.15) is 5.56 Å². The number of hydrogen-bond donors (Lipinski definition) is 2. The first-order chi connectivity index (χ1) is 13.4. The number of hydrogen-bond acceptors (Lipinski definition) is 5. The summed E-state index contributed by atoms with van der Waals surface area (Å²) in [4.78, 5) is 37.2. The van der Waals surface area contributed by atoms with Crippen LogP contribution >= 0.6 is 23.8 Å². The van der Waals surface area contributed by atoms with E-state index in [2.05, 4.69) is 5.32 Å². The lowest BCUT2D eigenvalue weighted by molar-refractivity contribution is -0.122. The maximum Gasteiger partial charge on any atom is 0.270 e. The Bertz CT molecular complexity index is 1000. The van der Waals surface area contributed by atoms with Gasteiger partial charge in [-0.2, -0.15) is 0 Å². The molecule has 0 bridgehead atoms. The van der Waals surface area contributed by atoms with Crippen LogP contribution in [0.25, 0.3) is 6.08 Å². The van der Waals surface area contributed by atoms with E-state index in [-0.39, 0.29) is 17.3 Å². The van der Waals surface area contributed by atoms with Gasteiger partial charge in [0.1, 0.15) is 11.3 Å². The summed E-state index contributed by atoms with van der Waals surface area (Å²) in [5.41, 5.74) is 5.89. The highest BCUT2D eigenvalue weighted by molar-refractivity contribution is 7.80. The number of benzene rings is 2. The Labute approximate surface area is 170 Å². The maximum absolute atomic E-state index is 12.9. The van der Waals surface area contributed by atoms with Gasteiger partial charge >= 0.3 is 0 Å². The van der Waals surface area contributed by atoms with E-state index in [1.807, 2.05) is 0 Å². The third-order valence-corrected chi connectivity index (χ3v) is 4.37. The van der Waals surface area contributed by atoms with Crippen molar-refractivity contribution in [1.29, 1.82) is 0 Å². The van der Waals surface area contributed by atoms with Crippen LogP contribution in [-0.4, -0.2) is 29.4 Å². The monoisotopic (exact) mass is 415 g/mol. The molecule has 1 aliphatic heterocycles. The van der Waals surface area contributed by atoms with Crippen molar-refractivity contribution in [3.8, 4) is 5.75 Å². The summed E-state index contributed by atoms with van der Waals surface area (Å²) in [6.45, 7) is -0.244. The van der Waals surface area contributed by atoms with Crippen molar-refractivity contribution in [2.75, 3.05) is 11.5 Å². The van der Waals surface area contributed by atoms with E-state index in [1.54, 1.807) is 48.5 Å². The summed E-state index contributed by atoms with van der Waals surface area (Å²) in [5, 5.41) is 2.77. The number of anilines is 1. The molecule has 3 rings (SSSR count). The van der Waals surface area contributed by atoms with Crippen LogP contribution in [0, 0.1) is 0 Å². The Balaban J connectivity index is 1.89. The van der Waals surface area contributed by atoms with Crippen molar-refractivity contribution >= 4 is 58.4 Å². The van der Waals surface area contributed by atoms with Crippen LogP contribution in [0.2, 0.25) is 5.02 Å². The second-order valence-corrected chi connectivity index (χ2v) is 6.53. The number of carbonyl (C=O) groups excluding carboxylic acids is 3. The summed E-state index contributed by atoms with van der Waals surface area (Å²) in [6.07, 6.45) is 1.43. The normalized spacial score (nSPS) is 15.5. The predicted molar refractivity (Wildman–Crippen MR) is 109 cm³/mol. The lowest BCUT2D eigenvalue weighted by atomic mass is 10.1. The van der Waals surface area contributed by atoms with Gasteiger partial charge in [-0.05, 0) is 48.1 Å². The van der Waals surface area contributed by atoms with Gasteiger partial charge in [-0.3, -0.25) is 24.6 Å². The molecule has 3 amide bonds. The van der Waals surface area contributed by atoms with Crippen molar-refractivity contribution in [3.63, 3.8) is 0 Å². The molecule has 1 heterocycles. The van der Waals surface area contributed by atoms with Crippen molar-refractivity contribution < 1.29 is 19.1 Å². The van der Waals surface area contributed by atoms with Gasteiger partial charge in [-0.1, -0.05) is 35.9 Å². The zero-order chi connectivity index (χ0) is 20.3. The van der Waals surface area contributed by atoms with Gasteiger partial charge < -0.3 is 10.5 Å². The Kier molecular flexibility index (Phi) is 5.72. The van der Waals surface area contributed by atoms with Crippen molar-refractivity contribution in [2.45, 2.75) is 0 Å². The molecule has 2 aromatic rings. The van der Waals surface area contributed by atoms with Gasteiger partial charge in [0.25, 0.3) is 17.7 Å². The zero-order valence-electron chi connectivity index (χ0n) is 14.3. The second-order valence-electron chi connectivity index (χ2n) is 5.73. The standard InChI is InChI=1S/C19H14ClN3O4S/c20-14-3-1-2-4-15(14)23-18(26)13(17(25)22-19(23)28)9-11-5-7-12(8-6-11)27-10-16(21)24/h1-9H,10H2,(H2,21,24)(H,22,25,28)/b13-9-. The van der Waals surface area contributed by atoms with Gasteiger partial charge in [0.05, 0.1) is 10.7 Å². The van der Waals surface area contributed by atoms with Crippen LogP contribution in [-0.2, 0) is 14.4 Å². The molecule has 1 saturated heterocycles. The maximum atomic E-state index is 12.9. The molecule has 1 aliphatic rings. The first-order valence-corrected chi connectivity index (χ1v) is 8.82. The molecule has 142 valence electrons. The number of para-hydroxylation sites is 1. The third kappa shape index (κ3) is 4.19. The molecule has 1 fully saturated rings. The number of carbonyl (C=O) groups is 3. The number of amides is 3. The van der Waals surface area contributed by atoms with Crippen molar-refractivity contribution in [3.05, 3.63) is 64.7 Å². The van der Waals surface area contributed by atoms with Gasteiger partial charge in [-0.15, -0.1) is 0 Å². The van der Waals surface area contributed by atoms with Gasteiger partial charge in [-0.25, -0.2) is 0 Å². The van der Waals surface area contributed by atoms with E-state index in [1.165, 1.54) is 11.0 Å². The number of thiocarbonyl (C=S) groups is 1. The van der Waals surface area contributed by atoms with Crippen LogP contribution in [0.5, 0.6) is 5.75 Å². The molecule has 0 aromatic heterocycles. The van der Waals surface area contributed by atoms with Gasteiger partial charge in [0, 0.05) is 0 Å². The topological polar surface area (TPSA) is 102 Å². The van der Waals surface area contributed by atoms with Crippen LogP contribution in [0.4, 0.5) is 5.69 Å². The number of halogens is 1. The Morgan fingerprint density at radius 2 is 1.86 bits per heavy atom. The third-order valence-electron chi connectivity index (χ3n) is 3.77. The molecule has 2 aromatic carbocycles. The van der Waals surface area contributed by atoms with E-state index in [0.29, 0.717) is 22.0 Å². The molecule has 0 atom stereocenters. The Morgan fingerprint density at radius 1 is 1.18 bits per heavy atom. The van der Waals surface area contributed by atoms with E-state index < -0.39 is 17.7 Å². The molecular formula is C19H14ClN3O4S. The molecule has 0 unspecified atom stereocenters. The lowest BCUT2D eigenvalue weighted by Crippen LogP contribution is -2.54. The van der Waals surface area contributed by atoms with Crippen molar-refractivity contribution in [1.82, 2.24) is 5.32 Å². The SMILES string of the molecule is NC(=O)COc1ccc(/C=C2/C(=O)NC(=S)N(c3ccccc3Cl)C2=O)cc1. The van der Waals surface area contributed by atoms with Crippen LogP contribution in [0.15, 0.2) is 54.1 Å². The minimum atomic E-state index is -0.604. The lowest BCUT2D eigenvalue weighted by Gasteiger charge is -2.29. The van der Waals surface area contributed by atoms with E-state index >= 15 is 0 Å². The number of ether oxygens (including phenoxy) is 1.